The number of nitrogens with zero attached hydrogens (tertiary/aromatic N) is 4. The van der Waals surface area contributed by atoms with Gasteiger partial charge in [-0.2, -0.15) is 4.31 Å². The second-order valence-corrected chi connectivity index (χ2v) is 12.4. The van der Waals surface area contributed by atoms with E-state index in [9.17, 15) is 8.42 Å². The lowest BCUT2D eigenvalue weighted by molar-refractivity contribution is 0.381. The maximum absolute atomic E-state index is 12.5. The first-order valence-electron chi connectivity index (χ1n) is 10.7. The van der Waals surface area contributed by atoms with Crippen LogP contribution in [0.5, 0.6) is 0 Å². The van der Waals surface area contributed by atoms with Gasteiger partial charge in [0.15, 0.2) is 0 Å². The lowest BCUT2D eigenvalue weighted by Crippen LogP contribution is -2.50. The van der Waals surface area contributed by atoms with Crippen LogP contribution in [0.25, 0.3) is 20.8 Å². The van der Waals surface area contributed by atoms with Gasteiger partial charge in [0.05, 0.1) is 26.0 Å². The van der Waals surface area contributed by atoms with Crippen molar-refractivity contribution in [2.45, 2.75) is 32.9 Å². The van der Waals surface area contributed by atoms with E-state index in [1.807, 2.05) is 0 Å². The minimum Gasteiger partial charge on any atom is -0.369 e. The molecule has 0 bridgehead atoms. The topological polar surface area (TPSA) is 56.5 Å². The van der Waals surface area contributed by atoms with E-state index >= 15 is 0 Å². The largest absolute Gasteiger partial charge is 0.369 e. The van der Waals surface area contributed by atoms with Crippen LogP contribution in [0.2, 0.25) is 0 Å². The third-order valence-corrected chi connectivity index (χ3v) is 9.36. The summed E-state index contributed by atoms with van der Waals surface area (Å²) in [6, 6.07) is 8.78. The summed E-state index contributed by atoms with van der Waals surface area (Å²) in [6.45, 7) is 10.2. The average molecular weight is 460 g/mol. The number of hydrogen-bond acceptors (Lipinski definition) is 5. The van der Waals surface area contributed by atoms with Crippen LogP contribution in [0.15, 0.2) is 24.3 Å². The summed E-state index contributed by atoms with van der Waals surface area (Å²) in [5.74, 6) is 0. The minimum absolute atomic E-state index is 0.376. The van der Waals surface area contributed by atoms with Crippen molar-refractivity contribution in [3.63, 3.8) is 0 Å². The Labute approximate surface area is 188 Å². The van der Waals surface area contributed by atoms with Crippen LogP contribution in [-0.2, 0) is 10.0 Å². The number of sulfonamides is 1. The van der Waals surface area contributed by atoms with Crippen molar-refractivity contribution in [2.24, 2.45) is 0 Å². The molecule has 1 aromatic carbocycles. The fourth-order valence-corrected chi connectivity index (χ4v) is 6.54. The molecule has 1 aliphatic carbocycles. The van der Waals surface area contributed by atoms with Crippen molar-refractivity contribution in [3.8, 4) is 10.6 Å². The molecule has 31 heavy (non-hydrogen) atoms. The van der Waals surface area contributed by atoms with Gasteiger partial charge in [0.1, 0.15) is 14.1 Å². The Kier molecular flexibility index (Phi) is 5.83. The summed E-state index contributed by atoms with van der Waals surface area (Å²) < 4.78 is 29.9. The molecule has 0 radical (unpaired) electrons. The number of fused-ring (bicyclic) bond motifs is 2. The Morgan fingerprint density at radius 2 is 1.68 bits per heavy atom. The van der Waals surface area contributed by atoms with E-state index in [0.29, 0.717) is 26.2 Å². The molecule has 0 amide bonds. The predicted molar refractivity (Wildman–Crippen MR) is 131 cm³/mol. The van der Waals surface area contributed by atoms with Crippen molar-refractivity contribution in [3.05, 3.63) is 40.7 Å². The van der Waals surface area contributed by atoms with Crippen molar-refractivity contribution >= 4 is 37.3 Å². The second-order valence-electron chi connectivity index (χ2n) is 8.81. The molecule has 2 heterocycles. The van der Waals surface area contributed by atoms with Gasteiger partial charge >= 0.3 is 0 Å². The Bertz CT molecular complexity index is 1280. The van der Waals surface area contributed by atoms with E-state index < -0.39 is 10.0 Å². The quantitative estimate of drug-likeness (QED) is 0.446. The fraction of sp³-hybridized carbons (Fsp3) is 0.478. The summed E-state index contributed by atoms with van der Waals surface area (Å²) in [4.78, 5) is 8.48. The van der Waals surface area contributed by atoms with Gasteiger partial charge in [-0.25, -0.2) is 18.0 Å². The molecular weight excluding hydrogens is 428 g/mol. The van der Waals surface area contributed by atoms with Crippen molar-refractivity contribution in [1.82, 2.24) is 13.9 Å². The normalized spacial score (nSPS) is 15.9. The zero-order chi connectivity index (χ0) is 22.5. The van der Waals surface area contributed by atoms with Gasteiger partial charge in [0, 0.05) is 44.0 Å². The molecule has 1 aromatic rings. The number of anilines is 1. The molecule has 0 spiro atoms. The van der Waals surface area contributed by atoms with Crippen molar-refractivity contribution in [2.75, 3.05) is 45.2 Å². The lowest BCUT2D eigenvalue weighted by atomic mass is 10.1. The number of rotatable bonds is 3. The van der Waals surface area contributed by atoms with Crippen molar-refractivity contribution in [1.29, 1.82) is 0 Å². The van der Waals surface area contributed by atoms with E-state index in [1.165, 1.54) is 15.8 Å². The van der Waals surface area contributed by atoms with E-state index in [0.717, 1.165) is 27.2 Å². The van der Waals surface area contributed by atoms with E-state index in [-0.39, 0.29) is 5.25 Å². The number of hydrogen-bond donors (Lipinski definition) is 0. The van der Waals surface area contributed by atoms with Gasteiger partial charge in [0.2, 0.25) is 15.4 Å². The van der Waals surface area contributed by atoms with E-state index in [1.54, 1.807) is 29.5 Å². The molecule has 6 nitrogen and oxygen atoms in total. The van der Waals surface area contributed by atoms with Crippen LogP contribution >= 0.6 is 11.3 Å². The molecular formula is C23H31N4O2S2+. The van der Waals surface area contributed by atoms with Gasteiger partial charge in [-0.05, 0) is 51.0 Å². The van der Waals surface area contributed by atoms with Crippen LogP contribution in [0.3, 0.4) is 0 Å². The third kappa shape index (κ3) is 4.08. The molecule has 0 N–H and O–H groups in total. The molecule has 1 fully saturated rings. The predicted octanol–water partition coefficient (Wildman–Crippen LogP) is 2.91. The molecule has 0 atom stereocenters. The maximum Gasteiger partial charge on any atom is 0.216 e. The minimum atomic E-state index is -3.19. The third-order valence-electron chi connectivity index (χ3n) is 6.02. The smallest absolute Gasteiger partial charge is 0.216 e. The summed E-state index contributed by atoms with van der Waals surface area (Å²) in [5.41, 5.74) is 5.59. The lowest BCUT2D eigenvalue weighted by Gasteiger charge is -2.36. The van der Waals surface area contributed by atoms with Crippen LogP contribution in [0.1, 0.15) is 25.0 Å². The number of aromatic nitrogens is 1. The van der Waals surface area contributed by atoms with Crippen LogP contribution in [0, 0.1) is 13.8 Å². The van der Waals surface area contributed by atoms with Gasteiger partial charge in [0.25, 0.3) is 0 Å². The van der Waals surface area contributed by atoms with Crippen LogP contribution < -0.4 is 14.8 Å². The van der Waals surface area contributed by atoms with E-state index in [4.69, 9.17) is 4.98 Å². The number of aryl methyl sites for hydroxylation is 2. The Hall–Kier alpha value is -2.03. The molecule has 0 unspecified atom stereocenters. The Balaban J connectivity index is 1.72. The number of piperazine rings is 1. The molecule has 0 saturated carbocycles. The Morgan fingerprint density at radius 3 is 2.29 bits per heavy atom. The molecule has 0 aromatic heterocycles. The molecule has 1 saturated heterocycles. The molecule has 2 aliphatic heterocycles. The first kappa shape index (κ1) is 22.2. The van der Waals surface area contributed by atoms with E-state index in [2.05, 4.69) is 61.7 Å². The van der Waals surface area contributed by atoms with Crippen LogP contribution in [-0.4, -0.2) is 63.2 Å². The van der Waals surface area contributed by atoms with Gasteiger partial charge < -0.3 is 4.90 Å². The second kappa shape index (κ2) is 8.15. The highest BCUT2D eigenvalue weighted by Crippen LogP contribution is 2.35. The van der Waals surface area contributed by atoms with Crippen molar-refractivity contribution < 1.29 is 8.42 Å². The van der Waals surface area contributed by atoms with Gasteiger partial charge in [-0.1, -0.05) is 0 Å². The summed E-state index contributed by atoms with van der Waals surface area (Å²) in [6.07, 6.45) is 0. The summed E-state index contributed by atoms with van der Waals surface area (Å²) in [5, 5.41) is 0.802. The first-order chi connectivity index (χ1) is 14.6. The highest BCUT2D eigenvalue weighted by Gasteiger charge is 2.29. The fourth-order valence-electron chi connectivity index (χ4n) is 4.07. The summed E-state index contributed by atoms with van der Waals surface area (Å²) in [7, 11) is 0.920. The average Bonchev–Trinajstić information content (AvgIpc) is 2.72. The highest BCUT2D eigenvalue weighted by atomic mass is 32.2. The monoisotopic (exact) mass is 459 g/mol. The zero-order valence-electron chi connectivity index (χ0n) is 19.1. The molecule has 166 valence electrons. The molecule has 4 rings (SSSR count). The van der Waals surface area contributed by atoms with Crippen LogP contribution in [0.4, 0.5) is 5.69 Å². The standard InChI is InChI=1S/C23H31N4O2S2/c1-15(2)31(28,29)27-9-7-26(8-10-27)19-12-17(4)23-21(14-19)30-20-13-18(25(5)6)11-16(3)22(20)24-23/h11-15H,7-10H2,1-6H3/q+1. The zero-order valence-corrected chi connectivity index (χ0v) is 20.8. The molecule has 3 aliphatic rings. The number of benzene rings is 2. The van der Waals surface area contributed by atoms with Gasteiger partial charge in [-0.15, -0.1) is 11.3 Å². The maximum atomic E-state index is 12.5. The SMILES string of the molecule is Cc1cc(=[N+](C)C)cc2sc3cc(N4CCN(S(=O)(=O)C(C)C)CC4)cc(C)c3nc1-2. The molecule has 8 heteroatoms. The Morgan fingerprint density at radius 1 is 1.00 bits per heavy atom. The summed E-state index contributed by atoms with van der Waals surface area (Å²) >= 11 is 1.78. The highest BCUT2D eigenvalue weighted by molar-refractivity contribution is 7.89. The van der Waals surface area contributed by atoms with Gasteiger partial charge in [-0.3, -0.25) is 0 Å². The first-order valence-corrected chi connectivity index (χ1v) is 13.0.